The number of allylic oxidation sites excluding steroid dienone is 2. The highest BCUT2D eigenvalue weighted by atomic mass is 16.5. The minimum absolute atomic E-state index is 0.0587. The third kappa shape index (κ3) is 5.63. The van der Waals surface area contributed by atoms with Gasteiger partial charge in [-0.3, -0.25) is 9.59 Å². The van der Waals surface area contributed by atoms with Crippen molar-refractivity contribution >= 4 is 34.2 Å². The molecule has 0 saturated carbocycles. The van der Waals surface area contributed by atoms with Crippen LogP contribution in [0.5, 0.6) is 5.75 Å². The maximum Gasteiger partial charge on any atom is 0.244 e. The maximum atomic E-state index is 13.1. The molecule has 0 spiro atoms. The fraction of sp³-hybridized carbons (Fsp3) is 0.207. The Bertz CT molecular complexity index is 1390. The number of nitrogens with one attached hydrogen (secondary N) is 2. The maximum absolute atomic E-state index is 13.1. The highest BCUT2D eigenvalue weighted by molar-refractivity contribution is 5.99. The molecular formula is C29H28N4O3. The largest absolute Gasteiger partial charge is 0.486 e. The van der Waals surface area contributed by atoms with E-state index < -0.39 is 0 Å². The summed E-state index contributed by atoms with van der Waals surface area (Å²) in [5.74, 6) is 1.38. The molecule has 0 aliphatic heterocycles. The van der Waals surface area contributed by atoms with Crippen molar-refractivity contribution in [1.29, 1.82) is 0 Å². The number of imidazole rings is 1. The molecule has 1 unspecified atom stereocenters. The van der Waals surface area contributed by atoms with Crippen molar-refractivity contribution in [1.82, 2.24) is 9.55 Å². The molecule has 1 atom stereocenters. The number of hydrogen-bond donors (Lipinski definition) is 2. The average molecular weight is 481 g/mol. The van der Waals surface area contributed by atoms with Gasteiger partial charge in [0.05, 0.1) is 22.4 Å². The Morgan fingerprint density at radius 1 is 0.889 bits per heavy atom. The van der Waals surface area contributed by atoms with Gasteiger partial charge in [0.1, 0.15) is 24.7 Å². The number of carbonyl (C=O) groups excluding carboxylic acids is 2. The van der Waals surface area contributed by atoms with Crippen LogP contribution in [0.4, 0.5) is 11.4 Å². The fourth-order valence-electron chi connectivity index (χ4n) is 4.42. The first-order valence-corrected chi connectivity index (χ1v) is 12.1. The van der Waals surface area contributed by atoms with Crippen LogP contribution in [0.25, 0.3) is 11.0 Å². The number of fused-ring (bicyclic) bond motifs is 1. The van der Waals surface area contributed by atoms with E-state index in [-0.39, 0.29) is 30.9 Å². The molecule has 2 amide bonds. The highest BCUT2D eigenvalue weighted by Gasteiger charge is 2.17. The van der Waals surface area contributed by atoms with E-state index in [1.165, 1.54) is 0 Å². The zero-order valence-electron chi connectivity index (χ0n) is 19.9. The van der Waals surface area contributed by atoms with Crippen molar-refractivity contribution in [3.63, 3.8) is 0 Å². The van der Waals surface area contributed by atoms with Gasteiger partial charge in [-0.25, -0.2) is 4.98 Å². The highest BCUT2D eigenvalue weighted by Crippen LogP contribution is 2.25. The van der Waals surface area contributed by atoms with E-state index in [2.05, 4.69) is 27.8 Å². The first-order valence-electron chi connectivity index (χ1n) is 12.1. The van der Waals surface area contributed by atoms with Crippen molar-refractivity contribution in [2.75, 3.05) is 10.6 Å². The van der Waals surface area contributed by atoms with Gasteiger partial charge in [0.2, 0.25) is 11.8 Å². The second-order valence-electron chi connectivity index (χ2n) is 8.82. The summed E-state index contributed by atoms with van der Waals surface area (Å²) >= 11 is 0. The molecule has 0 radical (unpaired) electrons. The Balaban J connectivity index is 1.30. The van der Waals surface area contributed by atoms with Crippen molar-refractivity contribution in [3.8, 4) is 5.75 Å². The molecule has 0 fully saturated rings. The van der Waals surface area contributed by atoms with E-state index in [9.17, 15) is 9.59 Å². The summed E-state index contributed by atoms with van der Waals surface area (Å²) in [4.78, 5) is 30.4. The first kappa shape index (κ1) is 23.4. The van der Waals surface area contributed by atoms with E-state index in [1.54, 1.807) is 12.1 Å². The molecule has 1 aliphatic rings. The van der Waals surface area contributed by atoms with Crippen LogP contribution in [0, 0.1) is 5.92 Å². The van der Waals surface area contributed by atoms with Crippen LogP contribution in [0.3, 0.4) is 0 Å². The number of anilines is 2. The van der Waals surface area contributed by atoms with Gasteiger partial charge in [-0.15, -0.1) is 0 Å². The SMILES string of the molecule is O=C(CC1C=CCC1)Nc1ccccc1NC(=O)Cn1c(COc2ccccc2)nc2ccccc21. The number of para-hydroxylation sites is 5. The van der Waals surface area contributed by atoms with Gasteiger partial charge in [0.15, 0.2) is 0 Å². The summed E-state index contributed by atoms with van der Waals surface area (Å²) in [7, 11) is 0. The quantitative estimate of drug-likeness (QED) is 0.308. The molecule has 1 aromatic heterocycles. The van der Waals surface area contributed by atoms with E-state index in [1.807, 2.05) is 71.3 Å². The van der Waals surface area contributed by atoms with Crippen molar-refractivity contribution in [2.45, 2.75) is 32.4 Å². The number of aromatic nitrogens is 2. The Morgan fingerprint density at radius 3 is 2.33 bits per heavy atom. The lowest BCUT2D eigenvalue weighted by Gasteiger charge is -2.15. The summed E-state index contributed by atoms with van der Waals surface area (Å²) < 4.78 is 7.77. The zero-order valence-corrected chi connectivity index (χ0v) is 19.9. The minimum atomic E-state index is -0.223. The molecule has 0 saturated heterocycles. The predicted octanol–water partition coefficient (Wildman–Crippen LogP) is 5.55. The molecular weight excluding hydrogens is 452 g/mol. The summed E-state index contributed by atoms with van der Waals surface area (Å²) in [6.45, 7) is 0.289. The summed E-state index contributed by atoms with van der Waals surface area (Å²) in [6, 6.07) is 24.5. The van der Waals surface area contributed by atoms with E-state index in [0.717, 1.165) is 29.6 Å². The smallest absolute Gasteiger partial charge is 0.244 e. The summed E-state index contributed by atoms with van der Waals surface area (Å²) in [5.41, 5.74) is 2.79. The van der Waals surface area contributed by atoms with Gasteiger partial charge < -0.3 is 19.9 Å². The van der Waals surface area contributed by atoms with Gasteiger partial charge in [-0.1, -0.05) is 54.6 Å². The molecule has 7 nitrogen and oxygen atoms in total. The van der Waals surface area contributed by atoms with Crippen LogP contribution in [0.15, 0.2) is 91.0 Å². The van der Waals surface area contributed by atoms with Gasteiger partial charge in [0.25, 0.3) is 0 Å². The standard InChI is InChI=1S/C29H28N4O3/c34-28(18-21-10-4-5-11-21)31-23-14-6-7-15-24(23)32-29(35)19-33-26-17-9-8-16-25(26)30-27(33)20-36-22-12-2-1-3-13-22/h1-4,6-10,12-17,21H,5,11,18-20H2,(H,31,34)(H,32,35). The molecule has 1 heterocycles. The minimum Gasteiger partial charge on any atom is -0.486 e. The molecule has 2 N–H and O–H groups in total. The molecule has 7 heteroatoms. The van der Waals surface area contributed by atoms with Crippen molar-refractivity contribution in [3.05, 3.63) is 96.8 Å². The second-order valence-corrected chi connectivity index (χ2v) is 8.82. The van der Waals surface area contributed by atoms with E-state index in [4.69, 9.17) is 4.74 Å². The number of benzene rings is 3. The summed E-state index contributed by atoms with van der Waals surface area (Å²) in [5, 5.41) is 5.91. The topological polar surface area (TPSA) is 85.2 Å². The van der Waals surface area contributed by atoms with Gasteiger partial charge >= 0.3 is 0 Å². The van der Waals surface area contributed by atoms with Gasteiger partial charge in [-0.05, 0) is 55.2 Å². The van der Waals surface area contributed by atoms with E-state index >= 15 is 0 Å². The van der Waals surface area contributed by atoms with Crippen molar-refractivity contribution in [2.24, 2.45) is 5.92 Å². The molecule has 1 aliphatic carbocycles. The van der Waals surface area contributed by atoms with Crippen molar-refractivity contribution < 1.29 is 14.3 Å². The number of nitrogens with zero attached hydrogens (tertiary/aromatic N) is 2. The Labute approximate surface area is 209 Å². The lowest BCUT2D eigenvalue weighted by Crippen LogP contribution is -2.22. The number of hydrogen-bond acceptors (Lipinski definition) is 4. The number of ether oxygens (including phenoxy) is 1. The fourth-order valence-corrected chi connectivity index (χ4v) is 4.42. The molecule has 3 aromatic carbocycles. The third-order valence-electron chi connectivity index (χ3n) is 6.18. The monoisotopic (exact) mass is 480 g/mol. The summed E-state index contributed by atoms with van der Waals surface area (Å²) in [6.07, 6.45) is 6.67. The van der Waals surface area contributed by atoms with Crippen LogP contribution < -0.4 is 15.4 Å². The molecule has 182 valence electrons. The molecule has 5 rings (SSSR count). The van der Waals surface area contributed by atoms with Crippen LogP contribution in [-0.2, 0) is 22.7 Å². The van der Waals surface area contributed by atoms with E-state index in [0.29, 0.717) is 23.6 Å². The molecule has 4 aromatic rings. The second kappa shape index (κ2) is 10.9. The molecule has 36 heavy (non-hydrogen) atoms. The van der Waals surface area contributed by atoms with Crippen LogP contribution in [0.1, 0.15) is 25.1 Å². The average Bonchev–Trinajstić information content (AvgIpc) is 3.52. The van der Waals surface area contributed by atoms with Gasteiger partial charge in [-0.2, -0.15) is 0 Å². The normalized spacial score (nSPS) is 14.6. The Hall–Kier alpha value is -4.39. The Kier molecular flexibility index (Phi) is 7.07. The zero-order chi connectivity index (χ0) is 24.7. The molecule has 0 bridgehead atoms. The van der Waals surface area contributed by atoms with Crippen LogP contribution in [-0.4, -0.2) is 21.4 Å². The van der Waals surface area contributed by atoms with Crippen LogP contribution >= 0.6 is 0 Å². The Morgan fingerprint density at radius 2 is 1.58 bits per heavy atom. The number of rotatable bonds is 9. The lowest BCUT2D eigenvalue weighted by atomic mass is 10.0. The number of amides is 2. The lowest BCUT2D eigenvalue weighted by molar-refractivity contribution is -0.117. The predicted molar refractivity (Wildman–Crippen MR) is 141 cm³/mol. The van der Waals surface area contributed by atoms with Crippen LogP contribution in [0.2, 0.25) is 0 Å². The first-order chi connectivity index (χ1) is 17.7. The third-order valence-corrected chi connectivity index (χ3v) is 6.18. The van der Waals surface area contributed by atoms with Gasteiger partial charge in [0, 0.05) is 6.42 Å². The number of carbonyl (C=O) groups is 2.